The molecule has 0 unspecified atom stereocenters. The minimum Gasteiger partial charge on any atom is -0.494 e. The van der Waals surface area contributed by atoms with Crippen LogP contribution in [0.3, 0.4) is 0 Å². The number of nitrogens with one attached hydrogen (secondary N) is 1. The zero-order valence-electron chi connectivity index (χ0n) is 15.5. The predicted octanol–water partition coefficient (Wildman–Crippen LogP) is 4.03. The van der Waals surface area contributed by atoms with Gasteiger partial charge in [-0.1, -0.05) is 37.3 Å². The molecule has 1 amide bonds. The fraction of sp³-hybridized carbons (Fsp3) is 0.364. The molecule has 1 fully saturated rings. The molecule has 0 aromatic heterocycles. The van der Waals surface area contributed by atoms with Crippen LogP contribution in [0.1, 0.15) is 37.3 Å². The Morgan fingerprint density at radius 2 is 1.96 bits per heavy atom. The second kappa shape index (κ2) is 8.70. The Bertz CT molecular complexity index is 821. The van der Waals surface area contributed by atoms with E-state index >= 15 is 0 Å². The topological polar surface area (TPSA) is 71.3 Å². The molecule has 2 aromatic rings. The minimum absolute atomic E-state index is 0.101. The number of amides is 1. The van der Waals surface area contributed by atoms with Gasteiger partial charge in [-0.15, -0.1) is 0 Å². The lowest BCUT2D eigenvalue weighted by Gasteiger charge is -2.36. The lowest BCUT2D eigenvalue weighted by Crippen LogP contribution is -2.44. The van der Waals surface area contributed by atoms with E-state index in [4.69, 9.17) is 9.47 Å². The molecule has 0 atom stereocenters. The molecule has 1 N–H and O–H groups in total. The summed E-state index contributed by atoms with van der Waals surface area (Å²) in [6, 6.07) is 17.1. The minimum atomic E-state index is -0.649. The van der Waals surface area contributed by atoms with Gasteiger partial charge in [0.25, 0.3) is 0 Å². The van der Waals surface area contributed by atoms with Crippen molar-refractivity contribution >= 4 is 11.6 Å². The van der Waals surface area contributed by atoms with Gasteiger partial charge in [-0.25, -0.2) is 0 Å². The van der Waals surface area contributed by atoms with E-state index in [0.29, 0.717) is 49.7 Å². The first-order valence-electron chi connectivity index (χ1n) is 9.31. The van der Waals surface area contributed by atoms with Crippen LogP contribution in [0, 0.1) is 11.3 Å². The van der Waals surface area contributed by atoms with Gasteiger partial charge < -0.3 is 14.8 Å². The van der Waals surface area contributed by atoms with Gasteiger partial charge in [0.2, 0.25) is 5.91 Å². The molecule has 2 aromatic carbocycles. The Hall–Kier alpha value is -2.84. The van der Waals surface area contributed by atoms with Crippen molar-refractivity contribution in [2.24, 2.45) is 0 Å². The number of anilines is 1. The van der Waals surface area contributed by atoms with Crippen LogP contribution in [0.25, 0.3) is 0 Å². The Labute approximate surface area is 159 Å². The van der Waals surface area contributed by atoms with Gasteiger partial charge in [0, 0.05) is 13.2 Å². The molecule has 1 heterocycles. The maximum absolute atomic E-state index is 13.3. The van der Waals surface area contributed by atoms with Crippen molar-refractivity contribution in [2.45, 2.75) is 31.6 Å². The zero-order valence-corrected chi connectivity index (χ0v) is 15.5. The lowest BCUT2D eigenvalue weighted by molar-refractivity contribution is -0.125. The number of benzene rings is 2. The van der Waals surface area contributed by atoms with Crippen molar-refractivity contribution in [3.8, 4) is 11.8 Å². The highest BCUT2D eigenvalue weighted by Crippen LogP contribution is 2.36. The van der Waals surface area contributed by atoms with E-state index in [9.17, 15) is 10.1 Å². The molecular formula is C22H24N2O3. The number of hydrogen-bond donors (Lipinski definition) is 1. The smallest absolute Gasteiger partial charge is 0.235 e. The van der Waals surface area contributed by atoms with Gasteiger partial charge in [-0.3, -0.25) is 4.79 Å². The van der Waals surface area contributed by atoms with Crippen molar-refractivity contribution < 1.29 is 14.3 Å². The second-order valence-corrected chi connectivity index (χ2v) is 6.68. The first-order valence-corrected chi connectivity index (χ1v) is 9.31. The SMILES string of the molecule is CCCOc1ccc(NC(=O)C2(c3ccccc3)CCOCC2)c(C#N)c1. The number of nitriles is 1. The van der Waals surface area contributed by atoms with E-state index in [1.165, 1.54) is 0 Å². The molecule has 1 aliphatic rings. The van der Waals surface area contributed by atoms with E-state index in [2.05, 4.69) is 11.4 Å². The summed E-state index contributed by atoms with van der Waals surface area (Å²) in [6.07, 6.45) is 2.12. The third-order valence-electron chi connectivity index (χ3n) is 4.94. The maximum atomic E-state index is 13.3. The van der Waals surface area contributed by atoms with Crippen molar-refractivity contribution in [3.05, 3.63) is 59.7 Å². The summed E-state index contributed by atoms with van der Waals surface area (Å²) >= 11 is 0. The Morgan fingerprint density at radius 1 is 1.22 bits per heavy atom. The number of ether oxygens (including phenoxy) is 2. The van der Waals surface area contributed by atoms with E-state index in [0.717, 1.165) is 12.0 Å². The summed E-state index contributed by atoms with van der Waals surface area (Å²) in [5.74, 6) is 0.533. The summed E-state index contributed by atoms with van der Waals surface area (Å²) < 4.78 is 11.1. The Morgan fingerprint density at radius 3 is 2.63 bits per heavy atom. The van der Waals surface area contributed by atoms with Crippen LogP contribution in [-0.2, 0) is 14.9 Å². The summed E-state index contributed by atoms with van der Waals surface area (Å²) in [4.78, 5) is 13.3. The second-order valence-electron chi connectivity index (χ2n) is 6.68. The van der Waals surface area contributed by atoms with Gasteiger partial charge in [0.15, 0.2) is 0 Å². The lowest BCUT2D eigenvalue weighted by atomic mass is 9.73. The molecule has 0 saturated carbocycles. The fourth-order valence-corrected chi connectivity index (χ4v) is 3.40. The molecule has 5 nitrogen and oxygen atoms in total. The fourth-order valence-electron chi connectivity index (χ4n) is 3.40. The summed E-state index contributed by atoms with van der Waals surface area (Å²) in [6.45, 7) is 3.69. The van der Waals surface area contributed by atoms with Gasteiger partial charge in [-0.2, -0.15) is 5.26 Å². The zero-order chi connectivity index (χ0) is 19.1. The molecule has 0 aliphatic carbocycles. The van der Waals surface area contributed by atoms with Gasteiger partial charge >= 0.3 is 0 Å². The molecule has 5 heteroatoms. The third kappa shape index (κ3) is 4.12. The third-order valence-corrected chi connectivity index (χ3v) is 4.94. The highest BCUT2D eigenvalue weighted by molar-refractivity contribution is 6.00. The molecule has 0 radical (unpaired) electrons. The predicted molar refractivity (Wildman–Crippen MR) is 104 cm³/mol. The number of hydrogen-bond acceptors (Lipinski definition) is 4. The Balaban J connectivity index is 1.87. The van der Waals surface area contributed by atoms with Crippen LogP contribution in [0.2, 0.25) is 0 Å². The van der Waals surface area contributed by atoms with Crippen molar-refractivity contribution in [3.63, 3.8) is 0 Å². The van der Waals surface area contributed by atoms with E-state index in [-0.39, 0.29) is 5.91 Å². The van der Waals surface area contributed by atoms with Crippen molar-refractivity contribution in [1.82, 2.24) is 0 Å². The van der Waals surface area contributed by atoms with Gasteiger partial charge in [0.1, 0.15) is 11.8 Å². The molecule has 140 valence electrons. The monoisotopic (exact) mass is 364 g/mol. The van der Waals surface area contributed by atoms with Crippen LogP contribution in [0.5, 0.6) is 5.75 Å². The highest BCUT2D eigenvalue weighted by Gasteiger charge is 2.41. The quantitative estimate of drug-likeness (QED) is 0.840. The summed E-state index contributed by atoms with van der Waals surface area (Å²) in [7, 11) is 0. The van der Waals surface area contributed by atoms with E-state index in [1.54, 1.807) is 18.2 Å². The number of carbonyl (C=O) groups is 1. The van der Waals surface area contributed by atoms with Crippen LogP contribution < -0.4 is 10.1 Å². The number of rotatable bonds is 6. The number of nitrogens with zero attached hydrogens (tertiary/aromatic N) is 1. The first kappa shape index (κ1) is 18.9. The molecule has 0 bridgehead atoms. The molecular weight excluding hydrogens is 340 g/mol. The van der Waals surface area contributed by atoms with Crippen LogP contribution >= 0.6 is 0 Å². The maximum Gasteiger partial charge on any atom is 0.235 e. The molecule has 27 heavy (non-hydrogen) atoms. The Kier molecular flexibility index (Phi) is 6.10. The first-order chi connectivity index (χ1) is 13.2. The van der Waals surface area contributed by atoms with Crippen molar-refractivity contribution in [2.75, 3.05) is 25.1 Å². The van der Waals surface area contributed by atoms with Crippen LogP contribution in [0.15, 0.2) is 48.5 Å². The molecule has 3 rings (SSSR count). The van der Waals surface area contributed by atoms with Crippen molar-refractivity contribution in [1.29, 1.82) is 5.26 Å². The summed E-state index contributed by atoms with van der Waals surface area (Å²) in [5.41, 5.74) is 1.23. The molecule has 1 saturated heterocycles. The molecule has 1 aliphatic heterocycles. The average molecular weight is 364 g/mol. The number of carbonyl (C=O) groups excluding carboxylic acids is 1. The largest absolute Gasteiger partial charge is 0.494 e. The standard InChI is InChI=1S/C22H24N2O3/c1-2-12-27-19-8-9-20(17(15-19)16-23)24-21(25)22(10-13-26-14-11-22)18-6-4-3-5-7-18/h3-9,15H,2,10-14H2,1H3,(H,24,25). The average Bonchev–Trinajstić information content (AvgIpc) is 2.74. The van der Waals surface area contributed by atoms with E-state index < -0.39 is 5.41 Å². The highest BCUT2D eigenvalue weighted by atomic mass is 16.5. The van der Waals surface area contributed by atoms with Crippen LogP contribution in [0.4, 0.5) is 5.69 Å². The molecule has 0 spiro atoms. The van der Waals surface area contributed by atoms with E-state index in [1.807, 2.05) is 37.3 Å². The normalized spacial score (nSPS) is 15.6. The van der Waals surface area contributed by atoms with Crippen LogP contribution in [-0.4, -0.2) is 25.7 Å². The van der Waals surface area contributed by atoms with Gasteiger partial charge in [0.05, 0.1) is 23.3 Å². The van der Waals surface area contributed by atoms with Gasteiger partial charge in [-0.05, 0) is 43.0 Å². The summed E-state index contributed by atoms with van der Waals surface area (Å²) in [5, 5.41) is 12.5.